The quantitative estimate of drug-likeness (QED) is 0.751. The minimum Gasteiger partial charge on any atom is -0.390 e. The smallest absolute Gasteiger partial charge is 0.242 e. The minimum absolute atomic E-state index is 0.184. The number of aliphatic hydroxyl groups excluding tert-OH is 1. The zero-order valence-corrected chi connectivity index (χ0v) is 12.7. The molecule has 6 heteroatoms. The normalized spacial score (nSPS) is 23.9. The molecule has 0 amide bonds. The Morgan fingerprint density at radius 3 is 2.50 bits per heavy atom. The van der Waals surface area contributed by atoms with E-state index in [2.05, 4.69) is 16.6 Å². The number of aromatic nitrogens is 1. The van der Waals surface area contributed by atoms with Crippen LogP contribution in [0.5, 0.6) is 0 Å². The number of aliphatic hydroxyl groups is 1. The van der Waals surface area contributed by atoms with Crippen molar-refractivity contribution in [1.29, 1.82) is 0 Å². The van der Waals surface area contributed by atoms with Crippen LogP contribution in [-0.2, 0) is 16.6 Å². The van der Waals surface area contributed by atoms with Crippen LogP contribution in [0.4, 0.5) is 0 Å². The van der Waals surface area contributed by atoms with Gasteiger partial charge in [0.1, 0.15) is 0 Å². The van der Waals surface area contributed by atoms with E-state index in [9.17, 15) is 8.42 Å². The molecule has 0 unspecified atom stereocenters. The number of sulfonamides is 1. The molecule has 2 rings (SSSR count). The Bertz CT molecular complexity index is 516. The van der Waals surface area contributed by atoms with Gasteiger partial charge < -0.3 is 10.1 Å². The SMILES string of the molecule is CCC1CCC(CNS(=O)(=O)c2c[nH]c(CO)c2)CC1. The molecule has 3 N–H and O–H groups in total. The average Bonchev–Trinajstić information content (AvgIpc) is 2.95. The highest BCUT2D eigenvalue weighted by molar-refractivity contribution is 7.89. The Kier molecular flexibility index (Phi) is 5.23. The lowest BCUT2D eigenvalue weighted by atomic mass is 9.81. The third-order valence-electron chi connectivity index (χ3n) is 4.30. The van der Waals surface area contributed by atoms with Crippen molar-refractivity contribution < 1.29 is 13.5 Å². The van der Waals surface area contributed by atoms with Crippen molar-refractivity contribution in [2.45, 2.75) is 50.5 Å². The predicted octanol–water partition coefficient (Wildman–Crippen LogP) is 2.00. The molecule has 0 radical (unpaired) electrons. The molecule has 0 atom stereocenters. The third kappa shape index (κ3) is 3.84. The number of nitrogens with one attached hydrogen (secondary N) is 2. The molecule has 0 bridgehead atoms. The lowest BCUT2D eigenvalue weighted by Crippen LogP contribution is -2.31. The van der Waals surface area contributed by atoms with E-state index in [0.717, 1.165) is 18.8 Å². The summed E-state index contributed by atoms with van der Waals surface area (Å²) in [6.07, 6.45) is 7.28. The Morgan fingerprint density at radius 2 is 1.95 bits per heavy atom. The van der Waals surface area contributed by atoms with Crippen LogP contribution in [0, 0.1) is 11.8 Å². The highest BCUT2D eigenvalue weighted by Gasteiger charge is 2.22. The van der Waals surface area contributed by atoms with E-state index in [1.165, 1.54) is 31.5 Å². The van der Waals surface area contributed by atoms with Gasteiger partial charge in [0, 0.05) is 18.4 Å². The van der Waals surface area contributed by atoms with Gasteiger partial charge in [0.25, 0.3) is 0 Å². The van der Waals surface area contributed by atoms with E-state index in [0.29, 0.717) is 18.2 Å². The molecule has 1 fully saturated rings. The van der Waals surface area contributed by atoms with E-state index < -0.39 is 10.0 Å². The first-order valence-corrected chi connectivity index (χ1v) is 8.81. The van der Waals surface area contributed by atoms with Gasteiger partial charge in [0.2, 0.25) is 10.0 Å². The molecule has 5 nitrogen and oxygen atoms in total. The Hall–Kier alpha value is -0.850. The Labute approximate surface area is 120 Å². The fraction of sp³-hybridized carbons (Fsp3) is 0.714. The third-order valence-corrected chi connectivity index (χ3v) is 5.71. The van der Waals surface area contributed by atoms with Crippen molar-refractivity contribution in [3.8, 4) is 0 Å². The van der Waals surface area contributed by atoms with E-state index in [-0.39, 0.29) is 11.5 Å². The second kappa shape index (κ2) is 6.74. The topological polar surface area (TPSA) is 82.2 Å². The number of H-pyrrole nitrogens is 1. The molecule has 1 aromatic rings. The second-order valence-electron chi connectivity index (χ2n) is 5.67. The van der Waals surface area contributed by atoms with Crippen molar-refractivity contribution in [2.75, 3.05) is 6.54 Å². The largest absolute Gasteiger partial charge is 0.390 e. The molecule has 20 heavy (non-hydrogen) atoms. The summed E-state index contributed by atoms with van der Waals surface area (Å²) in [5.74, 6) is 1.27. The van der Waals surface area contributed by atoms with Crippen LogP contribution < -0.4 is 4.72 Å². The molecule has 1 heterocycles. The zero-order valence-electron chi connectivity index (χ0n) is 11.9. The van der Waals surface area contributed by atoms with Crippen LogP contribution in [0.25, 0.3) is 0 Å². The van der Waals surface area contributed by atoms with E-state index in [4.69, 9.17) is 5.11 Å². The van der Waals surface area contributed by atoms with E-state index >= 15 is 0 Å². The van der Waals surface area contributed by atoms with Gasteiger partial charge in [-0.05, 0) is 30.7 Å². The van der Waals surface area contributed by atoms with Gasteiger partial charge >= 0.3 is 0 Å². The Balaban J connectivity index is 1.87. The maximum atomic E-state index is 12.1. The molecule has 0 saturated heterocycles. The minimum atomic E-state index is -3.46. The summed E-state index contributed by atoms with van der Waals surface area (Å²) < 4.78 is 26.9. The standard InChI is InChI=1S/C14H24N2O3S/c1-2-11-3-5-12(6-4-11)8-16-20(18,19)14-7-13(10-17)15-9-14/h7,9,11-12,15-17H,2-6,8,10H2,1H3. The van der Waals surface area contributed by atoms with Crippen LogP contribution in [0.1, 0.15) is 44.7 Å². The molecule has 0 aromatic carbocycles. The van der Waals surface area contributed by atoms with Crippen LogP contribution in [0.2, 0.25) is 0 Å². The van der Waals surface area contributed by atoms with Gasteiger partial charge in [-0.1, -0.05) is 26.2 Å². The lowest BCUT2D eigenvalue weighted by molar-refractivity contribution is 0.270. The summed E-state index contributed by atoms with van der Waals surface area (Å²) in [4.78, 5) is 2.94. The van der Waals surface area contributed by atoms with E-state index in [1.807, 2.05) is 0 Å². The first-order chi connectivity index (χ1) is 9.55. The Morgan fingerprint density at radius 1 is 1.30 bits per heavy atom. The maximum absolute atomic E-state index is 12.1. The highest BCUT2D eigenvalue weighted by atomic mass is 32.2. The van der Waals surface area contributed by atoms with Gasteiger partial charge in [-0.25, -0.2) is 13.1 Å². The number of hydrogen-bond donors (Lipinski definition) is 3. The van der Waals surface area contributed by atoms with Crippen molar-refractivity contribution in [1.82, 2.24) is 9.71 Å². The fourth-order valence-corrected chi connectivity index (χ4v) is 3.95. The van der Waals surface area contributed by atoms with Crippen molar-refractivity contribution in [3.63, 3.8) is 0 Å². The zero-order chi connectivity index (χ0) is 14.6. The van der Waals surface area contributed by atoms with Crippen LogP contribution in [0.3, 0.4) is 0 Å². The van der Waals surface area contributed by atoms with E-state index in [1.54, 1.807) is 0 Å². The fourth-order valence-electron chi connectivity index (χ4n) is 2.82. The molecular weight excluding hydrogens is 276 g/mol. The average molecular weight is 300 g/mol. The highest BCUT2D eigenvalue weighted by Crippen LogP contribution is 2.30. The van der Waals surface area contributed by atoms with Gasteiger partial charge in [-0.3, -0.25) is 0 Å². The first kappa shape index (κ1) is 15.5. The van der Waals surface area contributed by atoms with Crippen LogP contribution >= 0.6 is 0 Å². The van der Waals surface area contributed by atoms with Crippen molar-refractivity contribution in [2.24, 2.45) is 11.8 Å². The van der Waals surface area contributed by atoms with Gasteiger partial charge in [-0.2, -0.15) is 0 Å². The molecule has 114 valence electrons. The molecule has 1 aromatic heterocycles. The molecule has 0 spiro atoms. The molecule has 1 saturated carbocycles. The van der Waals surface area contributed by atoms with Gasteiger partial charge in [-0.15, -0.1) is 0 Å². The molecule has 1 aliphatic carbocycles. The second-order valence-corrected chi connectivity index (χ2v) is 7.43. The molecular formula is C14H24N2O3S. The summed E-state index contributed by atoms with van der Waals surface area (Å²) in [5.41, 5.74) is 0.508. The van der Waals surface area contributed by atoms with Gasteiger partial charge in [0.05, 0.1) is 11.5 Å². The summed E-state index contributed by atoms with van der Waals surface area (Å²) in [5, 5.41) is 8.95. The van der Waals surface area contributed by atoms with Crippen LogP contribution in [0.15, 0.2) is 17.2 Å². The van der Waals surface area contributed by atoms with Crippen LogP contribution in [-0.4, -0.2) is 25.1 Å². The molecule has 0 aliphatic heterocycles. The lowest BCUT2D eigenvalue weighted by Gasteiger charge is -2.27. The summed E-state index contributed by atoms with van der Waals surface area (Å²) in [6, 6.07) is 1.47. The summed E-state index contributed by atoms with van der Waals surface area (Å²) in [7, 11) is -3.46. The summed E-state index contributed by atoms with van der Waals surface area (Å²) in [6.45, 7) is 2.55. The predicted molar refractivity (Wildman–Crippen MR) is 77.6 cm³/mol. The number of aromatic amines is 1. The first-order valence-electron chi connectivity index (χ1n) is 7.33. The molecule has 1 aliphatic rings. The number of rotatable bonds is 6. The van der Waals surface area contributed by atoms with Crippen molar-refractivity contribution >= 4 is 10.0 Å². The number of hydrogen-bond acceptors (Lipinski definition) is 3. The monoisotopic (exact) mass is 300 g/mol. The maximum Gasteiger partial charge on any atom is 0.242 e. The summed E-state index contributed by atoms with van der Waals surface area (Å²) >= 11 is 0. The van der Waals surface area contributed by atoms with Crippen molar-refractivity contribution in [3.05, 3.63) is 18.0 Å². The van der Waals surface area contributed by atoms with Gasteiger partial charge in [0.15, 0.2) is 0 Å².